The van der Waals surface area contributed by atoms with E-state index in [-0.39, 0.29) is 23.2 Å². The van der Waals surface area contributed by atoms with Crippen molar-refractivity contribution < 1.29 is 24.5 Å². The van der Waals surface area contributed by atoms with Gasteiger partial charge in [-0.05, 0) is 19.3 Å². The van der Waals surface area contributed by atoms with E-state index in [1.807, 2.05) is 27.7 Å². The quantitative estimate of drug-likeness (QED) is 0.603. The third-order valence-corrected chi connectivity index (χ3v) is 4.10. The molecule has 17 heavy (non-hydrogen) atoms. The molecule has 5 heteroatoms. The lowest BCUT2D eigenvalue weighted by atomic mass is 9.66. The van der Waals surface area contributed by atoms with Crippen molar-refractivity contribution in [3.63, 3.8) is 0 Å². The molecule has 0 radical (unpaired) electrons. The lowest BCUT2D eigenvalue weighted by molar-refractivity contribution is -0.244. The van der Waals surface area contributed by atoms with Gasteiger partial charge in [-0.2, -0.15) is 0 Å². The van der Waals surface area contributed by atoms with Crippen LogP contribution in [0.4, 0.5) is 0 Å². The summed E-state index contributed by atoms with van der Waals surface area (Å²) in [4.78, 5) is 12.1. The zero-order valence-corrected chi connectivity index (χ0v) is 11.1. The van der Waals surface area contributed by atoms with Crippen LogP contribution in [0.5, 0.6) is 0 Å². The monoisotopic (exact) mass is 246 g/mol. The lowest BCUT2D eigenvalue weighted by Crippen LogP contribution is -2.49. The Balaban J connectivity index is 0.00000144. The van der Waals surface area contributed by atoms with Gasteiger partial charge in [0.2, 0.25) is 5.79 Å². The van der Waals surface area contributed by atoms with E-state index in [9.17, 15) is 4.79 Å². The maximum atomic E-state index is 12.1. The van der Waals surface area contributed by atoms with E-state index in [1.54, 1.807) is 6.92 Å². The molecule has 0 spiro atoms. The highest BCUT2D eigenvalue weighted by atomic mass is 16.8. The molecule has 0 aromatic rings. The topological polar surface area (TPSA) is 76.3 Å². The molecular formula is C12H22O5. The Hall–Kier alpha value is -0.650. The predicted octanol–water partition coefficient (Wildman–Crippen LogP) is 1.25. The number of esters is 1. The van der Waals surface area contributed by atoms with Gasteiger partial charge in [0, 0.05) is 13.3 Å². The molecule has 2 bridgehead atoms. The summed E-state index contributed by atoms with van der Waals surface area (Å²) in [6.07, 6.45) is 0.428. The minimum atomic E-state index is -0.907. The summed E-state index contributed by atoms with van der Waals surface area (Å²) < 4.78 is 16.6. The van der Waals surface area contributed by atoms with Crippen molar-refractivity contribution >= 4 is 5.97 Å². The van der Waals surface area contributed by atoms with Crippen LogP contribution in [0.2, 0.25) is 0 Å². The second-order valence-corrected chi connectivity index (χ2v) is 6.09. The summed E-state index contributed by atoms with van der Waals surface area (Å²) in [7, 11) is 0. The molecule has 0 aromatic carbocycles. The van der Waals surface area contributed by atoms with Crippen LogP contribution in [0.25, 0.3) is 0 Å². The van der Waals surface area contributed by atoms with Crippen molar-refractivity contribution in [1.82, 2.24) is 0 Å². The molecular weight excluding hydrogens is 224 g/mol. The number of carbonyl (C=O) groups is 1. The first-order valence-corrected chi connectivity index (χ1v) is 5.69. The highest BCUT2D eigenvalue weighted by Gasteiger charge is 2.54. The van der Waals surface area contributed by atoms with Crippen molar-refractivity contribution in [2.45, 2.75) is 53.1 Å². The largest absolute Gasteiger partial charge is 0.430 e. The molecule has 2 saturated heterocycles. The molecule has 2 atom stereocenters. The fraction of sp³-hybridized carbons (Fsp3) is 0.917. The van der Waals surface area contributed by atoms with E-state index in [1.165, 1.54) is 0 Å². The van der Waals surface area contributed by atoms with Gasteiger partial charge < -0.3 is 19.7 Å². The van der Waals surface area contributed by atoms with Gasteiger partial charge in [0.1, 0.15) is 6.61 Å². The Kier molecular flexibility index (Phi) is 3.33. The first-order valence-electron chi connectivity index (χ1n) is 5.69. The molecule has 2 rings (SSSR count). The predicted molar refractivity (Wildman–Crippen MR) is 61.1 cm³/mol. The number of hydrogen-bond donors (Lipinski definition) is 0. The molecule has 2 fully saturated rings. The average Bonchev–Trinajstić information content (AvgIpc) is 2.45. The Morgan fingerprint density at radius 2 is 1.76 bits per heavy atom. The third kappa shape index (κ3) is 2.19. The number of hydrogen-bond acceptors (Lipinski definition) is 4. The molecule has 0 saturated carbocycles. The Bertz CT molecular complexity index is 323. The van der Waals surface area contributed by atoms with E-state index in [0.717, 1.165) is 0 Å². The van der Waals surface area contributed by atoms with Gasteiger partial charge in [-0.25, -0.2) is 0 Å². The zero-order valence-electron chi connectivity index (χ0n) is 11.1. The van der Waals surface area contributed by atoms with E-state index >= 15 is 0 Å². The molecule has 0 aromatic heterocycles. The van der Waals surface area contributed by atoms with Crippen molar-refractivity contribution in [1.29, 1.82) is 0 Å². The molecule has 2 N–H and O–H groups in total. The van der Waals surface area contributed by atoms with Crippen LogP contribution >= 0.6 is 0 Å². The maximum absolute atomic E-state index is 12.1. The molecule has 2 aliphatic heterocycles. The van der Waals surface area contributed by atoms with Gasteiger partial charge in [0.25, 0.3) is 0 Å². The molecule has 0 amide bonds. The van der Waals surface area contributed by atoms with Crippen LogP contribution in [0.1, 0.15) is 41.0 Å². The number of ether oxygens (including phenoxy) is 3. The van der Waals surface area contributed by atoms with Crippen molar-refractivity contribution in [2.24, 2.45) is 10.8 Å². The van der Waals surface area contributed by atoms with E-state index < -0.39 is 11.2 Å². The smallest absolute Gasteiger partial charge is 0.314 e. The Morgan fingerprint density at radius 3 is 2.35 bits per heavy atom. The average molecular weight is 246 g/mol. The molecule has 2 heterocycles. The van der Waals surface area contributed by atoms with Gasteiger partial charge in [-0.1, -0.05) is 13.8 Å². The van der Waals surface area contributed by atoms with E-state index in [2.05, 4.69) is 0 Å². The van der Waals surface area contributed by atoms with Gasteiger partial charge in [0.15, 0.2) is 6.29 Å². The van der Waals surface area contributed by atoms with Crippen LogP contribution in [0.3, 0.4) is 0 Å². The van der Waals surface area contributed by atoms with Crippen molar-refractivity contribution in [3.05, 3.63) is 0 Å². The Labute approximate surface area is 102 Å². The van der Waals surface area contributed by atoms with Crippen LogP contribution in [0, 0.1) is 10.8 Å². The summed E-state index contributed by atoms with van der Waals surface area (Å²) in [6, 6.07) is 0. The van der Waals surface area contributed by atoms with Gasteiger partial charge >= 0.3 is 5.97 Å². The van der Waals surface area contributed by atoms with Crippen LogP contribution < -0.4 is 0 Å². The van der Waals surface area contributed by atoms with Gasteiger partial charge in [0.05, 0.1) is 5.41 Å². The Morgan fingerprint density at radius 1 is 1.18 bits per heavy atom. The molecule has 5 nitrogen and oxygen atoms in total. The summed E-state index contributed by atoms with van der Waals surface area (Å²) in [6.45, 7) is 9.99. The second-order valence-electron chi connectivity index (χ2n) is 6.09. The highest BCUT2D eigenvalue weighted by molar-refractivity contribution is 5.77. The molecule has 2 unspecified atom stereocenters. The fourth-order valence-corrected chi connectivity index (χ4v) is 2.02. The zero-order chi connectivity index (χ0) is 12.2. The van der Waals surface area contributed by atoms with Crippen molar-refractivity contribution in [3.8, 4) is 0 Å². The number of fused-ring (bicyclic) bond motifs is 2. The minimum absolute atomic E-state index is 0. The van der Waals surface area contributed by atoms with Gasteiger partial charge in [-0.3, -0.25) is 4.79 Å². The summed E-state index contributed by atoms with van der Waals surface area (Å²) in [5.41, 5.74) is -0.760. The van der Waals surface area contributed by atoms with Crippen LogP contribution in [-0.2, 0) is 19.0 Å². The SMILES string of the molecule is CC12COC(CC(C)(C)C(C)(C)C(=O)O1)O2.O. The van der Waals surface area contributed by atoms with Crippen LogP contribution in [-0.4, -0.2) is 30.1 Å². The molecule has 0 aliphatic carbocycles. The molecule has 2 aliphatic rings. The first kappa shape index (κ1) is 14.4. The standard InChI is InChI=1S/C12H20O4.H2O/c1-10(2)6-8-14-7-12(5,15-8)16-9(13)11(10,3)4;/h8H,6-7H2,1-5H3;1H2. The molecule has 100 valence electrons. The third-order valence-electron chi connectivity index (χ3n) is 4.10. The van der Waals surface area contributed by atoms with E-state index in [0.29, 0.717) is 13.0 Å². The summed E-state index contributed by atoms with van der Waals surface area (Å²) in [5, 5.41) is 0. The van der Waals surface area contributed by atoms with Crippen molar-refractivity contribution in [2.75, 3.05) is 6.61 Å². The van der Waals surface area contributed by atoms with E-state index in [4.69, 9.17) is 14.2 Å². The second kappa shape index (κ2) is 3.93. The maximum Gasteiger partial charge on any atom is 0.314 e. The highest BCUT2D eigenvalue weighted by Crippen LogP contribution is 2.48. The lowest BCUT2D eigenvalue weighted by Gasteiger charge is -2.43. The first-order chi connectivity index (χ1) is 7.16. The fourth-order valence-electron chi connectivity index (χ4n) is 2.02. The minimum Gasteiger partial charge on any atom is -0.430 e. The van der Waals surface area contributed by atoms with Gasteiger partial charge in [-0.15, -0.1) is 0 Å². The number of rotatable bonds is 0. The summed E-state index contributed by atoms with van der Waals surface area (Å²) >= 11 is 0. The normalized spacial score (nSPS) is 38.6. The summed E-state index contributed by atoms with van der Waals surface area (Å²) in [5.74, 6) is -1.13. The van der Waals surface area contributed by atoms with Crippen LogP contribution in [0.15, 0.2) is 0 Å². The number of carbonyl (C=O) groups excluding carboxylic acids is 1.